The third kappa shape index (κ3) is 6.26. The lowest BCUT2D eigenvalue weighted by molar-refractivity contribution is 0.177. The number of amides is 2. The van der Waals surface area contributed by atoms with Crippen LogP contribution in [-0.2, 0) is 16.8 Å². The number of aryl methyl sites for hydroxylation is 1. The van der Waals surface area contributed by atoms with Crippen LogP contribution in [0, 0.1) is 6.92 Å². The fourth-order valence-electron chi connectivity index (χ4n) is 3.56. The van der Waals surface area contributed by atoms with Crippen molar-refractivity contribution in [3.63, 3.8) is 0 Å². The van der Waals surface area contributed by atoms with Crippen molar-refractivity contribution >= 4 is 21.9 Å². The van der Waals surface area contributed by atoms with E-state index in [0.717, 1.165) is 23.4 Å². The second kappa shape index (κ2) is 10.4. The molecule has 9 nitrogen and oxygen atoms in total. The maximum absolute atomic E-state index is 12.3. The van der Waals surface area contributed by atoms with Crippen LogP contribution in [-0.4, -0.2) is 73.2 Å². The van der Waals surface area contributed by atoms with E-state index in [0.29, 0.717) is 31.9 Å². The molecule has 0 unspecified atom stereocenters. The Kier molecular flexibility index (Phi) is 7.83. The highest BCUT2D eigenvalue weighted by Crippen LogP contribution is 2.18. The number of rotatable bonds is 7. The number of benzene rings is 1. The third-order valence-corrected chi connectivity index (χ3v) is 7.43. The van der Waals surface area contributed by atoms with Gasteiger partial charge in [-0.15, -0.1) is 0 Å². The summed E-state index contributed by atoms with van der Waals surface area (Å²) in [6.45, 7) is 6.88. The monoisotopic (exact) mass is 460 g/mol. The van der Waals surface area contributed by atoms with E-state index in [1.807, 2.05) is 38.1 Å². The van der Waals surface area contributed by atoms with Gasteiger partial charge in [0, 0.05) is 52.5 Å². The number of urea groups is 1. The Balaban J connectivity index is 1.53. The van der Waals surface area contributed by atoms with Crippen LogP contribution < -0.4 is 10.6 Å². The maximum atomic E-state index is 12.3. The molecule has 32 heavy (non-hydrogen) atoms. The van der Waals surface area contributed by atoms with Crippen LogP contribution in [0.25, 0.3) is 0 Å². The number of carbonyl (C=O) groups excluding carboxylic acids is 1. The van der Waals surface area contributed by atoms with E-state index in [1.54, 1.807) is 20.3 Å². The molecule has 0 bridgehead atoms. The summed E-state index contributed by atoms with van der Waals surface area (Å²) >= 11 is 0. The molecule has 2 aromatic rings. The topological polar surface area (TPSA) is 97.9 Å². The fraction of sp³-hybridized carbons (Fsp3) is 0.455. The average Bonchev–Trinajstić information content (AvgIpc) is 2.76. The molecule has 1 aliphatic heterocycles. The predicted octanol–water partition coefficient (Wildman–Crippen LogP) is 2.20. The Bertz CT molecular complexity index is 1020. The third-order valence-electron chi connectivity index (χ3n) is 5.49. The molecule has 1 atom stereocenters. The second-order valence-corrected chi connectivity index (χ2v) is 10.4. The van der Waals surface area contributed by atoms with Gasteiger partial charge in [0.1, 0.15) is 0 Å². The lowest BCUT2D eigenvalue weighted by atomic mass is 10.0. The molecule has 3 rings (SSSR count). The standard InChI is InChI=1S/C22H32N6O3S/c1-17-8-9-21(15-23-17)25-22(29)24-18(2)20-7-5-6-19(14-20)16-27-10-12-28(13-11-27)32(30,31)26(3)4/h5-9,14-15,18H,10-13,16H2,1-4H3,(H2,24,25,29)/t18-/m0/s1. The van der Waals surface area contributed by atoms with E-state index >= 15 is 0 Å². The molecule has 2 N–H and O–H groups in total. The first-order valence-electron chi connectivity index (χ1n) is 10.6. The summed E-state index contributed by atoms with van der Waals surface area (Å²) in [5.74, 6) is 0. The minimum Gasteiger partial charge on any atom is -0.331 e. The molecular formula is C22H32N6O3S. The van der Waals surface area contributed by atoms with Crippen LogP contribution in [0.1, 0.15) is 29.8 Å². The number of nitrogens with one attached hydrogen (secondary N) is 2. The highest BCUT2D eigenvalue weighted by Gasteiger charge is 2.28. The van der Waals surface area contributed by atoms with Gasteiger partial charge in [0.05, 0.1) is 17.9 Å². The van der Waals surface area contributed by atoms with Crippen molar-refractivity contribution in [2.75, 3.05) is 45.6 Å². The molecule has 1 fully saturated rings. The summed E-state index contributed by atoms with van der Waals surface area (Å²) < 4.78 is 27.3. The SMILES string of the molecule is Cc1ccc(NC(=O)N[C@@H](C)c2cccc(CN3CCN(S(=O)(=O)N(C)C)CC3)c2)cn1. The first kappa shape index (κ1) is 24.1. The Labute approximate surface area is 190 Å². The zero-order valence-corrected chi connectivity index (χ0v) is 19.9. The van der Waals surface area contributed by atoms with Crippen molar-refractivity contribution in [1.29, 1.82) is 0 Å². The molecule has 1 aliphatic rings. The van der Waals surface area contributed by atoms with E-state index in [1.165, 1.54) is 8.61 Å². The predicted molar refractivity (Wildman–Crippen MR) is 125 cm³/mol. The number of nitrogens with zero attached hydrogens (tertiary/aromatic N) is 4. The van der Waals surface area contributed by atoms with E-state index < -0.39 is 10.2 Å². The zero-order chi connectivity index (χ0) is 23.3. The van der Waals surface area contributed by atoms with Gasteiger partial charge in [0.15, 0.2) is 0 Å². The Morgan fingerprint density at radius 2 is 1.88 bits per heavy atom. The Morgan fingerprint density at radius 1 is 1.16 bits per heavy atom. The van der Waals surface area contributed by atoms with Crippen LogP contribution in [0.15, 0.2) is 42.6 Å². The van der Waals surface area contributed by atoms with Crippen LogP contribution >= 0.6 is 0 Å². The molecule has 1 aromatic heterocycles. The molecule has 10 heteroatoms. The Morgan fingerprint density at radius 3 is 2.50 bits per heavy atom. The zero-order valence-electron chi connectivity index (χ0n) is 19.1. The molecule has 1 aromatic carbocycles. The molecule has 1 saturated heterocycles. The number of carbonyl (C=O) groups is 1. The van der Waals surface area contributed by atoms with Crippen molar-refractivity contribution in [1.82, 2.24) is 23.8 Å². The molecule has 0 saturated carbocycles. The first-order chi connectivity index (χ1) is 15.1. The van der Waals surface area contributed by atoms with Gasteiger partial charge in [0.2, 0.25) is 0 Å². The molecule has 174 valence electrons. The van der Waals surface area contributed by atoms with Gasteiger partial charge >= 0.3 is 6.03 Å². The molecule has 0 aliphatic carbocycles. The molecular weight excluding hydrogens is 428 g/mol. The number of pyridine rings is 1. The smallest absolute Gasteiger partial charge is 0.319 e. The number of hydrogen-bond donors (Lipinski definition) is 2. The summed E-state index contributed by atoms with van der Waals surface area (Å²) in [6.07, 6.45) is 1.63. The van der Waals surface area contributed by atoms with E-state index in [9.17, 15) is 13.2 Å². The molecule has 0 spiro atoms. The summed E-state index contributed by atoms with van der Waals surface area (Å²) in [7, 11) is -0.249. The van der Waals surface area contributed by atoms with E-state index in [-0.39, 0.29) is 12.1 Å². The maximum Gasteiger partial charge on any atom is 0.319 e. The second-order valence-electron chi connectivity index (χ2n) is 8.22. The summed E-state index contributed by atoms with van der Waals surface area (Å²) in [5.41, 5.74) is 3.67. The van der Waals surface area contributed by atoms with Gasteiger partial charge in [-0.3, -0.25) is 9.88 Å². The highest BCUT2D eigenvalue weighted by molar-refractivity contribution is 7.86. The minimum atomic E-state index is -3.36. The van der Waals surface area contributed by atoms with Gasteiger partial charge in [-0.25, -0.2) is 4.79 Å². The summed E-state index contributed by atoms with van der Waals surface area (Å²) in [4.78, 5) is 18.8. The van der Waals surface area contributed by atoms with Gasteiger partial charge in [-0.05, 0) is 37.1 Å². The largest absolute Gasteiger partial charge is 0.331 e. The normalized spacial score (nSPS) is 16.7. The summed E-state index contributed by atoms with van der Waals surface area (Å²) in [5, 5.41) is 5.75. The van der Waals surface area contributed by atoms with Crippen molar-refractivity contribution in [3.8, 4) is 0 Å². The van der Waals surface area contributed by atoms with Crippen molar-refractivity contribution in [2.45, 2.75) is 26.4 Å². The molecule has 2 heterocycles. The molecule has 0 radical (unpaired) electrons. The van der Waals surface area contributed by atoms with Crippen LogP contribution in [0.3, 0.4) is 0 Å². The first-order valence-corrected chi connectivity index (χ1v) is 12.0. The van der Waals surface area contributed by atoms with Crippen LogP contribution in [0.4, 0.5) is 10.5 Å². The average molecular weight is 461 g/mol. The fourth-order valence-corrected chi connectivity index (χ4v) is 4.64. The van der Waals surface area contributed by atoms with Gasteiger partial charge in [0.25, 0.3) is 10.2 Å². The number of aromatic nitrogens is 1. The quantitative estimate of drug-likeness (QED) is 0.660. The minimum absolute atomic E-state index is 0.171. The van der Waals surface area contributed by atoms with Crippen molar-refractivity contribution < 1.29 is 13.2 Å². The van der Waals surface area contributed by atoms with Crippen LogP contribution in [0.2, 0.25) is 0 Å². The van der Waals surface area contributed by atoms with Crippen molar-refractivity contribution in [2.24, 2.45) is 0 Å². The number of piperazine rings is 1. The van der Waals surface area contributed by atoms with Gasteiger partial charge in [-0.1, -0.05) is 24.3 Å². The summed E-state index contributed by atoms with van der Waals surface area (Å²) in [6, 6.07) is 11.3. The number of anilines is 1. The van der Waals surface area contributed by atoms with Crippen LogP contribution in [0.5, 0.6) is 0 Å². The van der Waals surface area contributed by atoms with Gasteiger partial charge in [-0.2, -0.15) is 17.0 Å². The number of hydrogen-bond acceptors (Lipinski definition) is 5. The van der Waals surface area contributed by atoms with E-state index in [4.69, 9.17) is 0 Å². The van der Waals surface area contributed by atoms with Crippen molar-refractivity contribution in [3.05, 3.63) is 59.4 Å². The lowest BCUT2D eigenvalue weighted by Gasteiger charge is -2.35. The van der Waals surface area contributed by atoms with E-state index in [2.05, 4.69) is 32.7 Å². The molecule has 2 amide bonds. The lowest BCUT2D eigenvalue weighted by Crippen LogP contribution is -2.51. The highest BCUT2D eigenvalue weighted by atomic mass is 32.2. The van der Waals surface area contributed by atoms with Gasteiger partial charge < -0.3 is 10.6 Å². The Hall–Kier alpha value is -2.53.